The molecule has 0 spiro atoms. The maximum absolute atomic E-state index is 13.1. The molecule has 3 rings (SSSR count). The Hall–Kier alpha value is -2.17. The summed E-state index contributed by atoms with van der Waals surface area (Å²) in [7, 11) is 1.96. The summed E-state index contributed by atoms with van der Waals surface area (Å²) < 4.78 is 0. The first-order valence-corrected chi connectivity index (χ1v) is 10.1. The summed E-state index contributed by atoms with van der Waals surface area (Å²) in [6.07, 6.45) is 0.658. The van der Waals surface area contributed by atoms with E-state index < -0.39 is 0 Å². The lowest BCUT2D eigenvalue weighted by atomic mass is 9.95. The third-order valence-corrected chi connectivity index (χ3v) is 5.74. The second-order valence-corrected chi connectivity index (χ2v) is 8.26. The molecule has 0 saturated carbocycles. The molecule has 2 aromatic carbocycles. The zero-order valence-corrected chi connectivity index (χ0v) is 18.0. The van der Waals surface area contributed by atoms with E-state index in [-0.39, 0.29) is 18.0 Å². The Kier molecular flexibility index (Phi) is 6.21. The first kappa shape index (κ1) is 20.6. The summed E-state index contributed by atoms with van der Waals surface area (Å²) in [5.74, 6) is -0.0126. The summed E-state index contributed by atoms with van der Waals surface area (Å²) in [6, 6.07) is 14.2. The number of aryl methyl sites for hydroxylation is 2. The highest BCUT2D eigenvalue weighted by molar-refractivity contribution is 6.31. The van der Waals surface area contributed by atoms with Gasteiger partial charge in [0.25, 0.3) is 5.91 Å². The number of hydrazone groups is 1. The number of carbonyl (C=O) groups is 1. The zero-order valence-electron chi connectivity index (χ0n) is 17.2. The van der Waals surface area contributed by atoms with Gasteiger partial charge in [0.1, 0.15) is 0 Å². The molecule has 0 aliphatic carbocycles. The second-order valence-electron chi connectivity index (χ2n) is 7.85. The lowest BCUT2D eigenvalue weighted by molar-refractivity contribution is -0.134. The van der Waals surface area contributed by atoms with Crippen molar-refractivity contribution in [2.24, 2.45) is 5.10 Å². The molecule has 5 heteroatoms. The van der Waals surface area contributed by atoms with E-state index in [1.165, 1.54) is 5.56 Å². The predicted octanol–water partition coefficient (Wildman–Crippen LogP) is 4.97. The zero-order chi connectivity index (χ0) is 20.4. The molecule has 4 nitrogen and oxygen atoms in total. The van der Waals surface area contributed by atoms with Crippen LogP contribution in [0.2, 0.25) is 5.02 Å². The molecule has 148 valence electrons. The number of benzene rings is 2. The molecule has 0 aromatic heterocycles. The van der Waals surface area contributed by atoms with E-state index in [0.29, 0.717) is 18.0 Å². The van der Waals surface area contributed by atoms with Crippen LogP contribution in [0, 0.1) is 13.8 Å². The van der Waals surface area contributed by atoms with Gasteiger partial charge in [-0.05, 0) is 58.0 Å². The molecule has 1 aliphatic heterocycles. The minimum Gasteiger partial charge on any atom is -0.295 e. The summed E-state index contributed by atoms with van der Waals surface area (Å²) in [6.45, 7) is 8.63. The average Bonchev–Trinajstić information content (AvgIpc) is 3.09. The van der Waals surface area contributed by atoms with Crippen LogP contribution in [0.3, 0.4) is 0 Å². The smallest absolute Gasteiger partial charge is 0.257 e. The van der Waals surface area contributed by atoms with E-state index in [0.717, 1.165) is 22.4 Å². The number of likely N-dealkylation sites (N-methyl/N-ethyl adjacent to an activating group) is 1. The van der Waals surface area contributed by atoms with Crippen molar-refractivity contribution < 1.29 is 4.79 Å². The van der Waals surface area contributed by atoms with Gasteiger partial charge in [-0.2, -0.15) is 5.10 Å². The van der Waals surface area contributed by atoms with Gasteiger partial charge in [-0.15, -0.1) is 0 Å². The van der Waals surface area contributed by atoms with Gasteiger partial charge in [-0.1, -0.05) is 47.5 Å². The minimum atomic E-state index is -0.184. The standard InChI is InChI=1S/C23H28ClN3O/c1-15(2)26(5)14-23(28)27-22(18-8-6-7-9-20(18)24)13-21(25-27)19-12-16(3)10-11-17(19)4/h6-12,15,22H,13-14H2,1-5H3/t22-/m0/s1. The van der Waals surface area contributed by atoms with Crippen LogP contribution in [0.15, 0.2) is 47.6 Å². The lowest BCUT2D eigenvalue weighted by Crippen LogP contribution is -2.39. The number of rotatable bonds is 5. The summed E-state index contributed by atoms with van der Waals surface area (Å²) in [4.78, 5) is 15.1. The van der Waals surface area contributed by atoms with Crippen molar-refractivity contribution in [3.8, 4) is 0 Å². The monoisotopic (exact) mass is 397 g/mol. The van der Waals surface area contributed by atoms with Crippen molar-refractivity contribution in [1.82, 2.24) is 9.91 Å². The maximum atomic E-state index is 13.1. The number of carbonyl (C=O) groups excluding carboxylic acids is 1. The third kappa shape index (κ3) is 4.29. The van der Waals surface area contributed by atoms with Gasteiger partial charge in [0, 0.05) is 23.0 Å². The Labute approximate surface area is 172 Å². The molecule has 0 N–H and O–H groups in total. The fraction of sp³-hybridized carbons (Fsp3) is 0.391. The van der Waals surface area contributed by atoms with Crippen LogP contribution in [0.4, 0.5) is 0 Å². The highest BCUT2D eigenvalue weighted by Gasteiger charge is 2.35. The molecule has 1 aliphatic rings. The number of nitrogens with zero attached hydrogens (tertiary/aromatic N) is 3. The Morgan fingerprint density at radius 3 is 2.64 bits per heavy atom. The third-order valence-electron chi connectivity index (χ3n) is 5.40. The second kappa shape index (κ2) is 8.46. The number of amides is 1. The van der Waals surface area contributed by atoms with Gasteiger partial charge in [0.2, 0.25) is 0 Å². The topological polar surface area (TPSA) is 35.9 Å². The maximum Gasteiger partial charge on any atom is 0.257 e. The quantitative estimate of drug-likeness (QED) is 0.713. The van der Waals surface area contributed by atoms with Gasteiger partial charge in [-0.3, -0.25) is 9.69 Å². The van der Waals surface area contributed by atoms with Gasteiger partial charge >= 0.3 is 0 Å². The molecule has 1 amide bonds. The van der Waals surface area contributed by atoms with E-state index >= 15 is 0 Å². The van der Waals surface area contributed by atoms with Crippen LogP contribution >= 0.6 is 11.6 Å². The van der Waals surface area contributed by atoms with Crippen LogP contribution in [0.5, 0.6) is 0 Å². The minimum absolute atomic E-state index is 0.0126. The Morgan fingerprint density at radius 1 is 1.25 bits per heavy atom. The molecule has 0 saturated heterocycles. The van der Waals surface area contributed by atoms with Crippen molar-refractivity contribution >= 4 is 23.2 Å². The summed E-state index contributed by atoms with van der Waals surface area (Å²) in [5, 5.41) is 7.09. The van der Waals surface area contributed by atoms with Gasteiger partial charge < -0.3 is 0 Å². The van der Waals surface area contributed by atoms with Crippen molar-refractivity contribution in [3.63, 3.8) is 0 Å². The molecule has 1 heterocycles. The molecule has 0 bridgehead atoms. The van der Waals surface area contributed by atoms with Crippen molar-refractivity contribution in [1.29, 1.82) is 0 Å². The van der Waals surface area contributed by atoms with Crippen molar-refractivity contribution in [3.05, 3.63) is 69.7 Å². The average molecular weight is 398 g/mol. The molecule has 2 aromatic rings. The fourth-order valence-corrected chi connectivity index (χ4v) is 3.67. The number of hydrogen-bond acceptors (Lipinski definition) is 3. The number of halogens is 1. The van der Waals surface area contributed by atoms with Crippen molar-refractivity contribution in [2.75, 3.05) is 13.6 Å². The van der Waals surface area contributed by atoms with Gasteiger partial charge in [0.05, 0.1) is 18.3 Å². The van der Waals surface area contributed by atoms with Crippen LogP contribution < -0.4 is 0 Å². The molecule has 0 fully saturated rings. The highest BCUT2D eigenvalue weighted by Crippen LogP contribution is 2.36. The van der Waals surface area contributed by atoms with E-state index in [1.54, 1.807) is 5.01 Å². The molecular formula is C23H28ClN3O. The first-order chi connectivity index (χ1) is 13.3. The largest absolute Gasteiger partial charge is 0.295 e. The first-order valence-electron chi connectivity index (χ1n) is 9.69. The summed E-state index contributed by atoms with van der Waals surface area (Å²) >= 11 is 6.48. The number of hydrogen-bond donors (Lipinski definition) is 0. The van der Waals surface area contributed by atoms with E-state index in [9.17, 15) is 4.79 Å². The normalized spacial score (nSPS) is 16.8. The predicted molar refractivity (Wildman–Crippen MR) is 116 cm³/mol. The molecule has 0 radical (unpaired) electrons. The Morgan fingerprint density at radius 2 is 1.96 bits per heavy atom. The summed E-state index contributed by atoms with van der Waals surface area (Å²) in [5.41, 5.74) is 5.32. The van der Waals surface area contributed by atoms with E-state index in [2.05, 4.69) is 45.9 Å². The Bertz CT molecular complexity index is 906. The van der Waals surface area contributed by atoms with Crippen LogP contribution in [0.25, 0.3) is 0 Å². The SMILES string of the molecule is Cc1ccc(C)c(C2=NN(C(=O)CN(C)C(C)C)[C@H](c3ccccc3Cl)C2)c1. The van der Waals surface area contributed by atoms with Crippen LogP contribution in [0.1, 0.15) is 48.6 Å². The van der Waals surface area contributed by atoms with E-state index in [1.807, 2.05) is 36.2 Å². The lowest BCUT2D eigenvalue weighted by Gasteiger charge is -2.26. The van der Waals surface area contributed by atoms with Gasteiger partial charge in [0.15, 0.2) is 0 Å². The van der Waals surface area contributed by atoms with E-state index in [4.69, 9.17) is 16.7 Å². The molecule has 0 unspecified atom stereocenters. The molecule has 28 heavy (non-hydrogen) atoms. The molecule has 1 atom stereocenters. The van der Waals surface area contributed by atoms with Crippen molar-refractivity contribution in [2.45, 2.75) is 46.2 Å². The molecular weight excluding hydrogens is 370 g/mol. The van der Waals surface area contributed by atoms with Crippen LogP contribution in [-0.4, -0.2) is 41.2 Å². The van der Waals surface area contributed by atoms with Gasteiger partial charge in [-0.25, -0.2) is 5.01 Å². The fourth-order valence-electron chi connectivity index (χ4n) is 3.41. The van der Waals surface area contributed by atoms with Crippen LogP contribution in [-0.2, 0) is 4.79 Å². The highest BCUT2D eigenvalue weighted by atomic mass is 35.5. The Balaban J connectivity index is 1.99.